The molecule has 3 N–H and O–H groups in total. The summed E-state index contributed by atoms with van der Waals surface area (Å²) >= 11 is 0. The smallest absolute Gasteiger partial charge is 0.240 e. The summed E-state index contributed by atoms with van der Waals surface area (Å²) in [6, 6.07) is 4.16. The van der Waals surface area contributed by atoms with Gasteiger partial charge in [-0.05, 0) is 48.7 Å². The number of nitrogen functional groups attached to an aromatic ring is 1. The van der Waals surface area contributed by atoms with Gasteiger partial charge in [-0.25, -0.2) is 17.5 Å². The van der Waals surface area contributed by atoms with E-state index >= 15 is 0 Å². The Morgan fingerprint density at radius 2 is 2.00 bits per heavy atom. The Hall–Kier alpha value is -1.99. The van der Waals surface area contributed by atoms with Crippen molar-refractivity contribution in [2.75, 3.05) is 5.73 Å². The van der Waals surface area contributed by atoms with Gasteiger partial charge in [-0.15, -0.1) is 0 Å². The molecular formula is C14H16FN3O2S. The van der Waals surface area contributed by atoms with E-state index in [2.05, 4.69) is 9.71 Å². The van der Waals surface area contributed by atoms with E-state index in [0.717, 1.165) is 17.2 Å². The molecule has 2 rings (SSSR count). The van der Waals surface area contributed by atoms with Crippen LogP contribution in [-0.4, -0.2) is 13.4 Å². The molecule has 0 unspecified atom stereocenters. The van der Waals surface area contributed by atoms with Crippen LogP contribution < -0.4 is 10.5 Å². The van der Waals surface area contributed by atoms with Crippen molar-refractivity contribution in [1.82, 2.24) is 9.71 Å². The van der Waals surface area contributed by atoms with Crippen molar-refractivity contribution in [2.45, 2.75) is 25.3 Å². The molecule has 0 radical (unpaired) electrons. The predicted molar refractivity (Wildman–Crippen MR) is 78.5 cm³/mol. The monoisotopic (exact) mass is 309 g/mol. The molecule has 0 spiro atoms. The molecule has 1 aromatic carbocycles. The first-order valence-electron chi connectivity index (χ1n) is 6.26. The highest BCUT2D eigenvalue weighted by atomic mass is 32.2. The summed E-state index contributed by atoms with van der Waals surface area (Å²) in [5.41, 5.74) is 7.18. The van der Waals surface area contributed by atoms with E-state index in [9.17, 15) is 12.8 Å². The molecule has 0 saturated carbocycles. The normalized spacial score (nSPS) is 11.6. The molecular weight excluding hydrogens is 293 g/mol. The topological polar surface area (TPSA) is 85.1 Å². The van der Waals surface area contributed by atoms with Crippen LogP contribution in [0.3, 0.4) is 0 Å². The van der Waals surface area contributed by atoms with Gasteiger partial charge in [-0.2, -0.15) is 0 Å². The lowest BCUT2D eigenvalue weighted by Crippen LogP contribution is -2.24. The van der Waals surface area contributed by atoms with Gasteiger partial charge in [0.1, 0.15) is 5.82 Å². The van der Waals surface area contributed by atoms with Gasteiger partial charge in [0.15, 0.2) is 0 Å². The second-order valence-corrected chi connectivity index (χ2v) is 6.54. The van der Waals surface area contributed by atoms with Gasteiger partial charge in [-0.3, -0.25) is 4.98 Å². The Morgan fingerprint density at radius 1 is 1.29 bits per heavy atom. The molecule has 7 heteroatoms. The fourth-order valence-corrected chi connectivity index (χ4v) is 2.98. The number of nitrogens with two attached hydrogens (primary N) is 1. The molecule has 1 heterocycles. The van der Waals surface area contributed by atoms with E-state index < -0.39 is 15.8 Å². The van der Waals surface area contributed by atoms with E-state index in [1.54, 1.807) is 18.5 Å². The minimum absolute atomic E-state index is 0.0551. The fourth-order valence-electron chi connectivity index (χ4n) is 1.86. The molecule has 0 amide bonds. The van der Waals surface area contributed by atoms with E-state index in [-0.39, 0.29) is 22.7 Å². The number of nitrogens with zero attached hydrogens (tertiary/aromatic N) is 1. The van der Waals surface area contributed by atoms with E-state index in [4.69, 9.17) is 5.73 Å². The Bertz CT molecular complexity index is 753. The maximum Gasteiger partial charge on any atom is 0.240 e. The molecule has 0 aliphatic rings. The standard InChI is InChI=1S/C14H16FN3O2S/c1-9-3-4-17-7-11(9)8-18-21(19,20)12-5-10(2)14(15)13(16)6-12/h3-7,18H,8,16H2,1-2H3. The number of hydrogen-bond acceptors (Lipinski definition) is 4. The predicted octanol–water partition coefficient (Wildman–Crippen LogP) is 1.90. The Labute approximate surface area is 123 Å². The quantitative estimate of drug-likeness (QED) is 0.845. The van der Waals surface area contributed by atoms with Crippen LogP contribution in [0.2, 0.25) is 0 Å². The lowest BCUT2D eigenvalue weighted by Gasteiger charge is -2.10. The van der Waals surface area contributed by atoms with Crippen LogP contribution >= 0.6 is 0 Å². The van der Waals surface area contributed by atoms with Crippen LogP contribution in [-0.2, 0) is 16.6 Å². The molecule has 0 aliphatic heterocycles. The van der Waals surface area contributed by atoms with Gasteiger partial charge in [0.2, 0.25) is 10.0 Å². The number of halogens is 1. The zero-order chi connectivity index (χ0) is 15.6. The molecule has 0 saturated heterocycles. The summed E-state index contributed by atoms with van der Waals surface area (Å²) in [6.07, 6.45) is 3.24. The van der Waals surface area contributed by atoms with Crippen molar-refractivity contribution in [3.63, 3.8) is 0 Å². The average Bonchev–Trinajstić information content (AvgIpc) is 2.43. The zero-order valence-corrected chi connectivity index (χ0v) is 12.5. The lowest BCUT2D eigenvalue weighted by molar-refractivity contribution is 0.580. The summed E-state index contributed by atoms with van der Waals surface area (Å²) in [5.74, 6) is -0.600. The molecule has 0 aliphatic carbocycles. The van der Waals surface area contributed by atoms with Crippen molar-refractivity contribution in [3.05, 3.63) is 53.1 Å². The summed E-state index contributed by atoms with van der Waals surface area (Å²) in [5, 5.41) is 0. The molecule has 0 atom stereocenters. The van der Waals surface area contributed by atoms with E-state index in [1.165, 1.54) is 13.0 Å². The van der Waals surface area contributed by atoms with Crippen LogP contribution in [0.1, 0.15) is 16.7 Å². The van der Waals surface area contributed by atoms with Crippen molar-refractivity contribution in [3.8, 4) is 0 Å². The number of sulfonamides is 1. The third-order valence-corrected chi connectivity index (χ3v) is 4.55. The fraction of sp³-hybridized carbons (Fsp3) is 0.214. The largest absolute Gasteiger partial charge is 0.396 e. The van der Waals surface area contributed by atoms with Gasteiger partial charge in [0.25, 0.3) is 0 Å². The van der Waals surface area contributed by atoms with Gasteiger partial charge in [0.05, 0.1) is 10.6 Å². The highest BCUT2D eigenvalue weighted by Gasteiger charge is 2.17. The molecule has 2 aromatic rings. The van der Waals surface area contributed by atoms with Crippen LogP contribution in [0.4, 0.5) is 10.1 Å². The molecule has 112 valence electrons. The number of aryl methyl sites for hydroxylation is 2. The molecule has 5 nitrogen and oxygen atoms in total. The van der Waals surface area contributed by atoms with E-state index in [0.29, 0.717) is 0 Å². The minimum atomic E-state index is -3.76. The number of rotatable bonds is 4. The van der Waals surface area contributed by atoms with Crippen LogP contribution in [0.5, 0.6) is 0 Å². The van der Waals surface area contributed by atoms with Gasteiger partial charge < -0.3 is 5.73 Å². The maximum absolute atomic E-state index is 13.5. The second kappa shape index (κ2) is 5.79. The first-order valence-corrected chi connectivity index (χ1v) is 7.74. The molecule has 0 bridgehead atoms. The van der Waals surface area contributed by atoms with Gasteiger partial charge in [-0.1, -0.05) is 0 Å². The van der Waals surface area contributed by atoms with Gasteiger partial charge in [0, 0.05) is 18.9 Å². The highest BCUT2D eigenvalue weighted by molar-refractivity contribution is 7.89. The first-order chi connectivity index (χ1) is 9.81. The number of anilines is 1. The minimum Gasteiger partial charge on any atom is -0.396 e. The van der Waals surface area contributed by atoms with Crippen LogP contribution in [0.15, 0.2) is 35.5 Å². The third-order valence-electron chi connectivity index (χ3n) is 3.17. The van der Waals surface area contributed by atoms with Crippen molar-refractivity contribution in [2.24, 2.45) is 0 Å². The van der Waals surface area contributed by atoms with Gasteiger partial charge >= 0.3 is 0 Å². The van der Waals surface area contributed by atoms with E-state index in [1.807, 2.05) is 6.92 Å². The zero-order valence-electron chi connectivity index (χ0n) is 11.7. The average molecular weight is 309 g/mol. The Morgan fingerprint density at radius 3 is 2.62 bits per heavy atom. The molecule has 0 fully saturated rings. The summed E-state index contributed by atoms with van der Waals surface area (Å²) in [7, 11) is -3.76. The number of hydrogen-bond donors (Lipinski definition) is 2. The number of benzene rings is 1. The third kappa shape index (κ3) is 3.37. The molecule has 1 aromatic heterocycles. The van der Waals surface area contributed by atoms with Crippen LogP contribution in [0.25, 0.3) is 0 Å². The maximum atomic E-state index is 13.5. The summed E-state index contributed by atoms with van der Waals surface area (Å²) in [4.78, 5) is 3.90. The van der Waals surface area contributed by atoms with Crippen LogP contribution in [0, 0.1) is 19.7 Å². The second-order valence-electron chi connectivity index (χ2n) is 4.77. The number of nitrogens with one attached hydrogen (secondary N) is 1. The van der Waals surface area contributed by atoms with Crippen molar-refractivity contribution >= 4 is 15.7 Å². The molecule has 21 heavy (non-hydrogen) atoms. The Kier molecular flexibility index (Phi) is 4.24. The highest BCUT2D eigenvalue weighted by Crippen LogP contribution is 2.21. The van der Waals surface area contributed by atoms with Crippen molar-refractivity contribution < 1.29 is 12.8 Å². The first kappa shape index (κ1) is 15.4. The van der Waals surface area contributed by atoms with Crippen molar-refractivity contribution in [1.29, 1.82) is 0 Å². The SMILES string of the molecule is Cc1ccncc1CNS(=O)(=O)c1cc(C)c(F)c(N)c1. The summed E-state index contributed by atoms with van der Waals surface area (Å²) in [6.45, 7) is 3.44. The Balaban J connectivity index is 2.25. The lowest BCUT2D eigenvalue weighted by atomic mass is 10.2. The summed E-state index contributed by atoms with van der Waals surface area (Å²) < 4.78 is 40.4. The number of pyridine rings is 1. The number of aromatic nitrogens is 1.